The van der Waals surface area contributed by atoms with Gasteiger partial charge in [0.15, 0.2) is 0 Å². The van der Waals surface area contributed by atoms with Crippen LogP contribution in [0.2, 0.25) is 0 Å². The van der Waals surface area contributed by atoms with E-state index in [1.54, 1.807) is 11.3 Å². The molecule has 0 aliphatic carbocycles. The maximum atomic E-state index is 4.64. The third-order valence-corrected chi connectivity index (χ3v) is 4.64. The fourth-order valence-electron chi connectivity index (χ4n) is 2.75. The third-order valence-electron chi connectivity index (χ3n) is 3.71. The van der Waals surface area contributed by atoms with Crippen LogP contribution in [0.15, 0.2) is 17.8 Å². The number of aromatic nitrogens is 4. The summed E-state index contributed by atoms with van der Waals surface area (Å²) in [6, 6.07) is 0. The van der Waals surface area contributed by atoms with Gasteiger partial charge in [0.2, 0.25) is 0 Å². The molecule has 1 N–H and O–H groups in total. The first-order valence-electron chi connectivity index (χ1n) is 7.99. The monoisotopic (exact) mass is 329 g/mol. The zero-order valence-electron chi connectivity index (χ0n) is 14.1. The molecule has 0 bridgehead atoms. The molecule has 0 atom stereocenters. The van der Waals surface area contributed by atoms with Gasteiger partial charge in [-0.3, -0.25) is 4.68 Å². The molecule has 0 saturated carbocycles. The smallest absolute Gasteiger partial charge is 0.138 e. The van der Waals surface area contributed by atoms with Crippen LogP contribution >= 0.6 is 11.3 Å². The summed E-state index contributed by atoms with van der Waals surface area (Å²) in [5, 5.41) is 11.1. The number of fused-ring (bicyclic) bond motifs is 1. The molecule has 6 heteroatoms. The molecular weight excluding hydrogens is 306 g/mol. The number of thiophene rings is 1. The Hall–Kier alpha value is -1.95. The Morgan fingerprint density at radius 1 is 1.30 bits per heavy atom. The van der Waals surface area contributed by atoms with Gasteiger partial charge in [0.05, 0.1) is 11.6 Å². The molecule has 0 aromatic carbocycles. The Bertz CT molecular complexity index is 803. The summed E-state index contributed by atoms with van der Waals surface area (Å²) in [7, 11) is 1.94. The van der Waals surface area contributed by atoms with Gasteiger partial charge in [-0.1, -0.05) is 13.8 Å². The van der Waals surface area contributed by atoms with Gasteiger partial charge in [-0.05, 0) is 42.2 Å². The largest absolute Gasteiger partial charge is 0.369 e. The predicted octanol–water partition coefficient (Wildman–Crippen LogP) is 3.59. The van der Waals surface area contributed by atoms with Crippen LogP contribution in [0.1, 0.15) is 30.8 Å². The van der Waals surface area contributed by atoms with Crippen LogP contribution in [0.4, 0.5) is 5.82 Å². The second-order valence-electron chi connectivity index (χ2n) is 6.36. The molecule has 5 nitrogen and oxygen atoms in total. The molecule has 3 aromatic heterocycles. The Kier molecular flexibility index (Phi) is 4.61. The number of hydrogen-bond donors (Lipinski definition) is 1. The highest BCUT2D eigenvalue weighted by atomic mass is 32.1. The highest BCUT2D eigenvalue weighted by Crippen LogP contribution is 2.31. The molecule has 0 saturated heterocycles. The summed E-state index contributed by atoms with van der Waals surface area (Å²) in [4.78, 5) is 10.3. The number of rotatable bonds is 6. The fourth-order valence-corrected chi connectivity index (χ4v) is 3.75. The van der Waals surface area contributed by atoms with Crippen LogP contribution in [-0.4, -0.2) is 26.3 Å². The van der Waals surface area contributed by atoms with Gasteiger partial charge in [0.1, 0.15) is 16.5 Å². The molecule has 0 radical (unpaired) electrons. The average molecular weight is 329 g/mol. The van der Waals surface area contributed by atoms with Crippen molar-refractivity contribution < 1.29 is 0 Å². The van der Waals surface area contributed by atoms with Gasteiger partial charge < -0.3 is 5.32 Å². The zero-order chi connectivity index (χ0) is 16.4. The lowest BCUT2D eigenvalue weighted by Crippen LogP contribution is -2.08. The van der Waals surface area contributed by atoms with Crippen molar-refractivity contribution in [2.75, 3.05) is 11.9 Å². The van der Waals surface area contributed by atoms with Crippen molar-refractivity contribution in [1.82, 2.24) is 19.7 Å². The van der Waals surface area contributed by atoms with E-state index in [1.807, 2.05) is 24.9 Å². The van der Waals surface area contributed by atoms with E-state index in [1.165, 1.54) is 16.5 Å². The first-order chi connectivity index (χ1) is 11.0. The summed E-state index contributed by atoms with van der Waals surface area (Å²) < 4.78 is 1.84. The van der Waals surface area contributed by atoms with E-state index < -0.39 is 0 Å². The van der Waals surface area contributed by atoms with Gasteiger partial charge in [-0.2, -0.15) is 5.10 Å². The lowest BCUT2D eigenvalue weighted by molar-refractivity contribution is 0.651. The van der Waals surface area contributed by atoms with Crippen LogP contribution in [0.25, 0.3) is 10.2 Å². The van der Waals surface area contributed by atoms with Crippen molar-refractivity contribution in [1.29, 1.82) is 0 Å². The lowest BCUT2D eigenvalue weighted by Gasteiger charge is -2.10. The summed E-state index contributed by atoms with van der Waals surface area (Å²) in [6.45, 7) is 7.28. The van der Waals surface area contributed by atoms with Gasteiger partial charge in [-0.25, -0.2) is 9.97 Å². The van der Waals surface area contributed by atoms with Gasteiger partial charge >= 0.3 is 0 Å². The minimum absolute atomic E-state index is 0.623. The van der Waals surface area contributed by atoms with Crippen molar-refractivity contribution in [3.8, 4) is 0 Å². The molecule has 3 heterocycles. The maximum absolute atomic E-state index is 4.64. The van der Waals surface area contributed by atoms with Crippen LogP contribution in [0.5, 0.6) is 0 Å². The lowest BCUT2D eigenvalue weighted by atomic mass is 10.0. The number of aryl methyl sites for hydroxylation is 2. The van der Waals surface area contributed by atoms with E-state index in [0.717, 1.165) is 35.9 Å². The predicted molar refractivity (Wildman–Crippen MR) is 96.1 cm³/mol. The summed E-state index contributed by atoms with van der Waals surface area (Å²) >= 11 is 1.71. The van der Waals surface area contributed by atoms with Gasteiger partial charge in [0.25, 0.3) is 0 Å². The molecular formula is C17H23N5S. The molecule has 23 heavy (non-hydrogen) atoms. The Morgan fingerprint density at radius 2 is 2.13 bits per heavy atom. The average Bonchev–Trinajstić information content (AvgIpc) is 3.05. The van der Waals surface area contributed by atoms with Crippen LogP contribution in [-0.2, 0) is 19.9 Å². The van der Waals surface area contributed by atoms with E-state index in [4.69, 9.17) is 0 Å². The molecule has 3 aromatic rings. The first kappa shape index (κ1) is 15.9. The normalized spacial score (nSPS) is 11.5. The van der Waals surface area contributed by atoms with Crippen LogP contribution in [0, 0.1) is 12.8 Å². The third kappa shape index (κ3) is 3.69. The molecule has 0 aliphatic rings. The summed E-state index contributed by atoms with van der Waals surface area (Å²) in [5.74, 6) is 2.41. The SMILES string of the molecule is Cc1nc(NCCc2cnn(C)c2)c2c(CC(C)C)csc2n1. The first-order valence-corrected chi connectivity index (χ1v) is 8.87. The topological polar surface area (TPSA) is 55.6 Å². The van der Waals surface area contributed by atoms with Gasteiger partial charge in [-0.15, -0.1) is 11.3 Å². The number of hydrogen-bond acceptors (Lipinski definition) is 5. The quantitative estimate of drug-likeness (QED) is 0.751. The van der Waals surface area contributed by atoms with Crippen molar-refractivity contribution >= 4 is 27.4 Å². The molecule has 3 rings (SSSR count). The molecule has 0 amide bonds. The zero-order valence-corrected chi connectivity index (χ0v) is 14.9. The Balaban J connectivity index is 1.81. The number of nitrogens with one attached hydrogen (secondary N) is 1. The van der Waals surface area contributed by atoms with E-state index in [0.29, 0.717) is 5.92 Å². The fraction of sp³-hybridized carbons (Fsp3) is 0.471. The van der Waals surface area contributed by atoms with Crippen molar-refractivity contribution in [3.05, 3.63) is 34.7 Å². The summed E-state index contributed by atoms with van der Waals surface area (Å²) in [6.07, 6.45) is 5.96. The van der Waals surface area contributed by atoms with E-state index in [9.17, 15) is 0 Å². The van der Waals surface area contributed by atoms with Crippen molar-refractivity contribution in [2.45, 2.75) is 33.6 Å². The summed E-state index contributed by atoms with van der Waals surface area (Å²) in [5.41, 5.74) is 2.58. The molecule has 0 spiro atoms. The molecule has 0 aliphatic heterocycles. The molecule has 0 fully saturated rings. The minimum Gasteiger partial charge on any atom is -0.369 e. The highest BCUT2D eigenvalue weighted by molar-refractivity contribution is 7.17. The Labute approximate surface area is 140 Å². The molecule has 0 unspecified atom stereocenters. The second-order valence-corrected chi connectivity index (χ2v) is 7.22. The Morgan fingerprint density at radius 3 is 2.83 bits per heavy atom. The van der Waals surface area contributed by atoms with Crippen LogP contribution < -0.4 is 5.32 Å². The standard InChI is InChI=1S/C17H23N5S/c1-11(2)7-14-10-23-17-15(14)16(20-12(3)21-17)18-6-5-13-8-19-22(4)9-13/h8-11H,5-7H2,1-4H3,(H,18,20,21). The maximum Gasteiger partial charge on any atom is 0.138 e. The number of nitrogens with zero attached hydrogens (tertiary/aromatic N) is 4. The minimum atomic E-state index is 0.623. The second kappa shape index (κ2) is 6.66. The van der Waals surface area contributed by atoms with E-state index in [2.05, 4.69) is 45.8 Å². The van der Waals surface area contributed by atoms with Crippen LogP contribution in [0.3, 0.4) is 0 Å². The van der Waals surface area contributed by atoms with Gasteiger partial charge in [0, 0.05) is 19.8 Å². The number of anilines is 1. The van der Waals surface area contributed by atoms with E-state index >= 15 is 0 Å². The molecule has 122 valence electrons. The van der Waals surface area contributed by atoms with E-state index in [-0.39, 0.29) is 0 Å². The van der Waals surface area contributed by atoms with Crippen molar-refractivity contribution in [2.24, 2.45) is 13.0 Å². The van der Waals surface area contributed by atoms with Crippen molar-refractivity contribution in [3.63, 3.8) is 0 Å². The highest BCUT2D eigenvalue weighted by Gasteiger charge is 2.13.